The van der Waals surface area contributed by atoms with E-state index in [0.29, 0.717) is 5.56 Å². The molecule has 3 rings (SSSR count). The summed E-state index contributed by atoms with van der Waals surface area (Å²) in [5.74, 6) is 0.120. The van der Waals surface area contributed by atoms with Crippen LogP contribution in [0.15, 0.2) is 46.4 Å². The van der Waals surface area contributed by atoms with Crippen LogP contribution < -0.4 is 10.2 Å². The van der Waals surface area contributed by atoms with Gasteiger partial charge in [-0.3, -0.25) is 15.5 Å². The van der Waals surface area contributed by atoms with Gasteiger partial charge in [-0.15, -0.1) is 0 Å². The number of hydrazone groups is 1. The van der Waals surface area contributed by atoms with Gasteiger partial charge in [0, 0.05) is 24.7 Å². The van der Waals surface area contributed by atoms with Crippen LogP contribution in [0.3, 0.4) is 0 Å². The summed E-state index contributed by atoms with van der Waals surface area (Å²) in [4.78, 5) is 10.6. The molecule has 2 aromatic carbocycles. The van der Waals surface area contributed by atoms with Crippen LogP contribution in [0.2, 0.25) is 0 Å². The van der Waals surface area contributed by atoms with E-state index in [1.54, 1.807) is 18.2 Å². The lowest BCUT2D eigenvalue weighted by molar-refractivity contribution is -0.384. The second-order valence-corrected chi connectivity index (χ2v) is 8.16. The largest absolute Gasteiger partial charge is 0.504 e. The van der Waals surface area contributed by atoms with Crippen molar-refractivity contribution in [2.75, 3.05) is 38.8 Å². The van der Waals surface area contributed by atoms with Gasteiger partial charge >= 0.3 is 0 Å². The lowest BCUT2D eigenvalue weighted by Crippen LogP contribution is -2.40. The number of methoxy groups -OCH3 is 1. The Kier molecular flexibility index (Phi) is 6.50. The topological polar surface area (TPSA) is 144 Å². The van der Waals surface area contributed by atoms with E-state index >= 15 is 0 Å². The molecular weight excluding hydrogens is 416 g/mol. The summed E-state index contributed by atoms with van der Waals surface area (Å²) in [7, 11) is -2.47. The molecule has 0 spiro atoms. The molecule has 1 aliphatic rings. The van der Waals surface area contributed by atoms with Crippen LogP contribution in [-0.4, -0.2) is 62.4 Å². The van der Waals surface area contributed by atoms with Crippen molar-refractivity contribution in [1.29, 1.82) is 0 Å². The molecular formula is C18H20N4O7S. The zero-order chi connectivity index (χ0) is 21.7. The quantitative estimate of drug-likeness (QED) is 0.380. The van der Waals surface area contributed by atoms with E-state index in [2.05, 4.69) is 10.5 Å². The molecule has 0 aromatic heterocycles. The first-order valence-corrected chi connectivity index (χ1v) is 10.3. The molecule has 0 aliphatic carbocycles. The van der Waals surface area contributed by atoms with Crippen LogP contribution in [0, 0.1) is 10.1 Å². The van der Waals surface area contributed by atoms with Crippen LogP contribution in [0.25, 0.3) is 0 Å². The third-order valence-corrected chi connectivity index (χ3v) is 6.31. The predicted octanol–water partition coefficient (Wildman–Crippen LogP) is 1.78. The van der Waals surface area contributed by atoms with Gasteiger partial charge in [0.25, 0.3) is 5.69 Å². The number of phenols is 1. The summed E-state index contributed by atoms with van der Waals surface area (Å²) in [5.41, 5.74) is 2.39. The van der Waals surface area contributed by atoms with Crippen LogP contribution in [0.4, 0.5) is 11.4 Å². The molecule has 160 valence electrons. The van der Waals surface area contributed by atoms with Crippen molar-refractivity contribution in [3.8, 4) is 11.5 Å². The molecule has 1 aliphatic heterocycles. The Hall–Kier alpha value is -3.22. The predicted molar refractivity (Wildman–Crippen MR) is 109 cm³/mol. The molecule has 0 atom stereocenters. The zero-order valence-electron chi connectivity index (χ0n) is 16.0. The molecule has 0 bridgehead atoms. The Morgan fingerprint density at radius 1 is 1.30 bits per heavy atom. The maximum absolute atomic E-state index is 12.7. The molecule has 11 nitrogen and oxygen atoms in total. The zero-order valence-corrected chi connectivity index (χ0v) is 16.8. The number of aromatic hydroxyl groups is 1. The van der Waals surface area contributed by atoms with E-state index in [9.17, 15) is 23.6 Å². The number of hydrogen-bond acceptors (Lipinski definition) is 9. The Balaban J connectivity index is 1.85. The molecule has 1 fully saturated rings. The SMILES string of the molecule is COc1cccc(/C=N\Nc2ccc(S(=O)(=O)N3CCOCC3)cc2[N+](=O)[O-])c1O. The molecule has 2 N–H and O–H groups in total. The van der Waals surface area contributed by atoms with Gasteiger partial charge in [-0.25, -0.2) is 8.42 Å². The summed E-state index contributed by atoms with van der Waals surface area (Å²) < 4.78 is 36.8. The minimum absolute atomic E-state index is 0.000404. The van der Waals surface area contributed by atoms with Gasteiger partial charge in [-0.05, 0) is 24.3 Å². The highest BCUT2D eigenvalue weighted by atomic mass is 32.2. The summed E-state index contributed by atoms with van der Waals surface area (Å²) in [6.45, 7) is 0.911. The van der Waals surface area contributed by atoms with E-state index in [-0.39, 0.29) is 48.4 Å². The maximum Gasteiger partial charge on any atom is 0.295 e. The first-order chi connectivity index (χ1) is 14.3. The summed E-state index contributed by atoms with van der Waals surface area (Å²) >= 11 is 0. The number of hydrogen-bond donors (Lipinski definition) is 2. The molecule has 0 saturated carbocycles. The monoisotopic (exact) mass is 436 g/mol. The fraction of sp³-hybridized carbons (Fsp3) is 0.278. The fourth-order valence-corrected chi connectivity index (χ4v) is 4.26. The number of phenolic OH excluding ortho intramolecular Hbond substituents is 1. The van der Waals surface area contributed by atoms with E-state index in [1.807, 2.05) is 0 Å². The van der Waals surface area contributed by atoms with Crippen molar-refractivity contribution in [3.63, 3.8) is 0 Å². The van der Waals surface area contributed by atoms with Crippen molar-refractivity contribution >= 4 is 27.6 Å². The average Bonchev–Trinajstić information content (AvgIpc) is 2.75. The van der Waals surface area contributed by atoms with Gasteiger partial charge in [0.2, 0.25) is 10.0 Å². The Morgan fingerprint density at radius 3 is 2.70 bits per heavy atom. The highest BCUT2D eigenvalue weighted by Gasteiger charge is 2.28. The van der Waals surface area contributed by atoms with Gasteiger partial charge in [-0.2, -0.15) is 9.41 Å². The van der Waals surface area contributed by atoms with Crippen molar-refractivity contribution in [1.82, 2.24) is 4.31 Å². The molecule has 12 heteroatoms. The lowest BCUT2D eigenvalue weighted by Gasteiger charge is -2.26. The minimum Gasteiger partial charge on any atom is -0.504 e. The van der Waals surface area contributed by atoms with Crippen LogP contribution in [0.1, 0.15) is 5.56 Å². The van der Waals surface area contributed by atoms with E-state index in [0.717, 1.165) is 6.07 Å². The molecule has 2 aromatic rings. The smallest absolute Gasteiger partial charge is 0.295 e. The molecule has 0 amide bonds. The van der Waals surface area contributed by atoms with Crippen molar-refractivity contribution < 1.29 is 27.9 Å². The van der Waals surface area contributed by atoms with Crippen molar-refractivity contribution in [2.45, 2.75) is 4.90 Å². The highest BCUT2D eigenvalue weighted by Crippen LogP contribution is 2.30. The normalized spacial score (nSPS) is 15.2. The van der Waals surface area contributed by atoms with Gasteiger partial charge in [0.15, 0.2) is 11.5 Å². The lowest BCUT2D eigenvalue weighted by atomic mass is 10.2. The maximum atomic E-state index is 12.7. The second kappa shape index (κ2) is 9.07. The highest BCUT2D eigenvalue weighted by molar-refractivity contribution is 7.89. The second-order valence-electron chi connectivity index (χ2n) is 6.22. The number of sulfonamides is 1. The van der Waals surface area contributed by atoms with Gasteiger partial charge in [0.1, 0.15) is 5.69 Å². The number of nitrogens with zero attached hydrogens (tertiary/aromatic N) is 3. The Labute approximate surface area is 172 Å². The summed E-state index contributed by atoms with van der Waals surface area (Å²) in [6.07, 6.45) is 1.26. The number of morpholine rings is 1. The van der Waals surface area contributed by atoms with Crippen LogP contribution in [0.5, 0.6) is 11.5 Å². The summed E-state index contributed by atoms with van der Waals surface area (Å²) in [5, 5.41) is 25.4. The van der Waals surface area contributed by atoms with E-state index < -0.39 is 20.6 Å². The van der Waals surface area contributed by atoms with Crippen LogP contribution >= 0.6 is 0 Å². The minimum atomic E-state index is -3.88. The molecule has 0 radical (unpaired) electrons. The average molecular weight is 436 g/mol. The first-order valence-electron chi connectivity index (χ1n) is 8.86. The third kappa shape index (κ3) is 4.50. The number of nitro benzene ring substituents is 1. The van der Waals surface area contributed by atoms with Crippen LogP contribution in [-0.2, 0) is 14.8 Å². The number of para-hydroxylation sites is 1. The number of nitro groups is 1. The first kappa shape index (κ1) is 21.5. The number of benzene rings is 2. The van der Waals surface area contributed by atoms with Gasteiger partial charge in [0.05, 0.1) is 36.4 Å². The number of rotatable bonds is 7. The van der Waals surface area contributed by atoms with Gasteiger partial charge < -0.3 is 14.6 Å². The molecule has 1 saturated heterocycles. The van der Waals surface area contributed by atoms with Crippen molar-refractivity contribution in [2.24, 2.45) is 5.10 Å². The molecule has 1 heterocycles. The third-order valence-electron chi connectivity index (χ3n) is 4.41. The Bertz CT molecular complexity index is 1070. The fourth-order valence-electron chi connectivity index (χ4n) is 2.83. The molecule has 0 unspecified atom stereocenters. The van der Waals surface area contributed by atoms with E-state index in [4.69, 9.17) is 9.47 Å². The van der Waals surface area contributed by atoms with Crippen molar-refractivity contribution in [3.05, 3.63) is 52.1 Å². The number of nitrogens with one attached hydrogen (secondary N) is 1. The van der Waals surface area contributed by atoms with Gasteiger partial charge in [-0.1, -0.05) is 6.07 Å². The number of anilines is 1. The standard InChI is InChI=1S/C18H20N4O7S/c1-28-17-4-2-3-13(18(17)23)12-19-20-15-6-5-14(11-16(15)22(24)25)30(26,27)21-7-9-29-10-8-21/h2-6,11-12,20,23H,7-10H2,1H3/b19-12-. The number of ether oxygens (including phenoxy) is 2. The Morgan fingerprint density at radius 2 is 2.03 bits per heavy atom. The van der Waals surface area contributed by atoms with E-state index in [1.165, 1.54) is 29.8 Å². The molecule has 30 heavy (non-hydrogen) atoms. The summed E-state index contributed by atoms with van der Waals surface area (Å²) in [6, 6.07) is 8.33.